The van der Waals surface area contributed by atoms with E-state index in [-0.39, 0.29) is 24.8 Å². The molecule has 1 heterocycles. The molecule has 1 unspecified atom stereocenters. The van der Waals surface area contributed by atoms with E-state index in [0.29, 0.717) is 25.4 Å². The topological polar surface area (TPSA) is 41.6 Å². The molecule has 1 atom stereocenters. The minimum Gasteiger partial charge on any atom is -0.496 e. The molecule has 2 fully saturated rings. The smallest absolute Gasteiger partial charge is 0.249 e. The molecule has 22 heavy (non-hydrogen) atoms. The summed E-state index contributed by atoms with van der Waals surface area (Å²) in [6.07, 6.45) is -0.650. The minimum absolute atomic E-state index is 0.164. The lowest BCUT2D eigenvalue weighted by Gasteiger charge is -2.42. The molecule has 1 aromatic rings. The van der Waals surface area contributed by atoms with Gasteiger partial charge in [0.05, 0.1) is 13.2 Å². The predicted molar refractivity (Wildman–Crippen MR) is 78.0 cm³/mol. The summed E-state index contributed by atoms with van der Waals surface area (Å²) in [6.45, 7) is 1.82. The first-order valence-corrected chi connectivity index (χ1v) is 7.54. The number of hydrogen-bond donors (Lipinski definition) is 1. The SMILES string of the molecule is COc1ccccc1C1CNCCN1C(=O)C1CC(F)(F)C1. The van der Waals surface area contributed by atoms with Crippen molar-refractivity contribution in [2.75, 3.05) is 26.7 Å². The van der Waals surface area contributed by atoms with Crippen LogP contribution in [0.4, 0.5) is 8.78 Å². The molecule has 1 amide bonds. The Morgan fingerprint density at radius 2 is 2.09 bits per heavy atom. The zero-order chi connectivity index (χ0) is 15.7. The van der Waals surface area contributed by atoms with Crippen molar-refractivity contribution in [1.82, 2.24) is 10.2 Å². The molecule has 1 aliphatic heterocycles. The summed E-state index contributed by atoms with van der Waals surface area (Å²) in [6, 6.07) is 7.37. The zero-order valence-electron chi connectivity index (χ0n) is 12.5. The quantitative estimate of drug-likeness (QED) is 0.931. The van der Waals surface area contributed by atoms with Gasteiger partial charge in [0.15, 0.2) is 0 Å². The lowest BCUT2D eigenvalue weighted by atomic mass is 9.80. The van der Waals surface area contributed by atoms with Crippen molar-refractivity contribution < 1.29 is 18.3 Å². The van der Waals surface area contributed by atoms with E-state index < -0.39 is 11.8 Å². The summed E-state index contributed by atoms with van der Waals surface area (Å²) in [7, 11) is 1.59. The van der Waals surface area contributed by atoms with Crippen molar-refractivity contribution in [2.24, 2.45) is 5.92 Å². The number of amides is 1. The van der Waals surface area contributed by atoms with E-state index in [1.165, 1.54) is 0 Å². The van der Waals surface area contributed by atoms with Gasteiger partial charge in [0.2, 0.25) is 11.8 Å². The van der Waals surface area contributed by atoms with E-state index in [4.69, 9.17) is 4.74 Å². The summed E-state index contributed by atoms with van der Waals surface area (Å²) in [5.41, 5.74) is 0.914. The third-order valence-electron chi connectivity index (χ3n) is 4.46. The van der Waals surface area contributed by atoms with Crippen molar-refractivity contribution in [2.45, 2.75) is 24.8 Å². The van der Waals surface area contributed by atoms with Gasteiger partial charge in [0.1, 0.15) is 5.75 Å². The van der Waals surface area contributed by atoms with Crippen molar-refractivity contribution in [3.63, 3.8) is 0 Å². The van der Waals surface area contributed by atoms with E-state index in [0.717, 1.165) is 5.56 Å². The molecular weight excluding hydrogens is 290 g/mol. The van der Waals surface area contributed by atoms with E-state index in [1.807, 2.05) is 24.3 Å². The maximum Gasteiger partial charge on any atom is 0.249 e. The maximum absolute atomic E-state index is 13.1. The summed E-state index contributed by atoms with van der Waals surface area (Å²) < 4.78 is 31.5. The molecule has 0 aromatic heterocycles. The van der Waals surface area contributed by atoms with E-state index in [9.17, 15) is 13.6 Å². The van der Waals surface area contributed by atoms with Crippen LogP contribution in [0.5, 0.6) is 5.75 Å². The number of carbonyl (C=O) groups excluding carboxylic acids is 1. The van der Waals surface area contributed by atoms with Gasteiger partial charge in [-0.3, -0.25) is 4.79 Å². The van der Waals surface area contributed by atoms with Crippen molar-refractivity contribution in [1.29, 1.82) is 0 Å². The molecular formula is C16H20F2N2O2. The third-order valence-corrected chi connectivity index (χ3v) is 4.46. The lowest BCUT2D eigenvalue weighted by Crippen LogP contribution is -2.54. The Morgan fingerprint density at radius 3 is 2.77 bits per heavy atom. The van der Waals surface area contributed by atoms with Gasteiger partial charge in [-0.05, 0) is 6.07 Å². The van der Waals surface area contributed by atoms with Crippen molar-refractivity contribution in [3.8, 4) is 5.75 Å². The Labute approximate surface area is 128 Å². The third kappa shape index (κ3) is 2.79. The fourth-order valence-corrected chi connectivity index (χ4v) is 3.26. The van der Waals surface area contributed by atoms with Gasteiger partial charge in [0, 0.05) is 44.0 Å². The van der Waals surface area contributed by atoms with Crippen LogP contribution in [0, 0.1) is 5.92 Å². The summed E-state index contributed by atoms with van der Waals surface area (Å²) in [5.74, 6) is -2.67. The second kappa shape index (κ2) is 5.83. The number of para-hydroxylation sites is 1. The number of piperazine rings is 1. The number of rotatable bonds is 3. The zero-order valence-corrected chi connectivity index (χ0v) is 12.5. The van der Waals surface area contributed by atoms with Crippen LogP contribution in [0.3, 0.4) is 0 Å². The van der Waals surface area contributed by atoms with Crippen LogP contribution in [0.1, 0.15) is 24.4 Å². The molecule has 1 saturated heterocycles. The molecule has 0 bridgehead atoms. The number of benzene rings is 1. The maximum atomic E-state index is 13.1. The first-order chi connectivity index (χ1) is 10.5. The van der Waals surface area contributed by atoms with Gasteiger partial charge >= 0.3 is 0 Å². The number of halogens is 2. The highest BCUT2D eigenvalue weighted by molar-refractivity contribution is 5.81. The molecule has 120 valence electrons. The highest BCUT2D eigenvalue weighted by atomic mass is 19.3. The molecule has 1 saturated carbocycles. The van der Waals surface area contributed by atoms with Gasteiger partial charge in [-0.25, -0.2) is 8.78 Å². The molecule has 1 N–H and O–H groups in total. The summed E-state index contributed by atoms with van der Waals surface area (Å²) in [5, 5.41) is 3.26. The number of methoxy groups -OCH3 is 1. The lowest BCUT2D eigenvalue weighted by molar-refractivity contribution is -0.162. The molecule has 6 heteroatoms. The van der Waals surface area contributed by atoms with Gasteiger partial charge in [-0.2, -0.15) is 0 Å². The van der Waals surface area contributed by atoms with Crippen molar-refractivity contribution >= 4 is 5.91 Å². The molecule has 1 aromatic carbocycles. The van der Waals surface area contributed by atoms with Crippen LogP contribution in [0.25, 0.3) is 0 Å². The normalized spacial score (nSPS) is 24.7. The first kappa shape index (κ1) is 15.2. The first-order valence-electron chi connectivity index (χ1n) is 7.54. The number of ether oxygens (including phenoxy) is 1. The van der Waals surface area contributed by atoms with Gasteiger partial charge in [-0.15, -0.1) is 0 Å². The number of carbonyl (C=O) groups is 1. The Hall–Kier alpha value is -1.69. The standard InChI is InChI=1S/C16H20F2N2O2/c1-22-14-5-3-2-4-12(14)13-10-19-6-7-20(13)15(21)11-8-16(17,18)9-11/h2-5,11,13,19H,6-10H2,1H3. The van der Waals surface area contributed by atoms with E-state index >= 15 is 0 Å². The van der Waals surface area contributed by atoms with Crippen LogP contribution in [-0.2, 0) is 4.79 Å². The number of nitrogens with zero attached hydrogens (tertiary/aromatic N) is 1. The fraction of sp³-hybridized carbons (Fsp3) is 0.562. The van der Waals surface area contributed by atoms with Crippen LogP contribution in [-0.4, -0.2) is 43.5 Å². The molecule has 3 rings (SSSR count). The summed E-state index contributed by atoms with van der Waals surface area (Å²) >= 11 is 0. The highest BCUT2D eigenvalue weighted by Crippen LogP contribution is 2.44. The molecule has 1 aliphatic carbocycles. The van der Waals surface area contributed by atoms with Crippen LogP contribution < -0.4 is 10.1 Å². The molecule has 0 radical (unpaired) electrons. The fourth-order valence-electron chi connectivity index (χ4n) is 3.26. The Bertz CT molecular complexity index is 557. The van der Waals surface area contributed by atoms with Gasteiger partial charge in [0.25, 0.3) is 0 Å². The van der Waals surface area contributed by atoms with Crippen LogP contribution in [0.2, 0.25) is 0 Å². The highest BCUT2D eigenvalue weighted by Gasteiger charge is 2.50. The Balaban J connectivity index is 1.81. The average Bonchev–Trinajstić information content (AvgIpc) is 2.51. The van der Waals surface area contributed by atoms with E-state index in [2.05, 4.69) is 5.32 Å². The minimum atomic E-state index is -2.67. The van der Waals surface area contributed by atoms with Crippen molar-refractivity contribution in [3.05, 3.63) is 29.8 Å². The number of nitrogens with one attached hydrogen (secondary N) is 1. The predicted octanol–water partition coefficient (Wildman–Crippen LogP) is 2.21. The number of alkyl halides is 2. The molecule has 2 aliphatic rings. The molecule has 4 nitrogen and oxygen atoms in total. The molecule has 0 spiro atoms. The second-order valence-corrected chi connectivity index (χ2v) is 5.95. The average molecular weight is 310 g/mol. The second-order valence-electron chi connectivity index (χ2n) is 5.95. The van der Waals surface area contributed by atoms with Crippen LogP contribution >= 0.6 is 0 Å². The Morgan fingerprint density at radius 1 is 1.36 bits per heavy atom. The summed E-state index contributed by atoms with van der Waals surface area (Å²) in [4.78, 5) is 14.3. The number of hydrogen-bond acceptors (Lipinski definition) is 3. The van der Waals surface area contributed by atoms with Gasteiger partial charge in [-0.1, -0.05) is 18.2 Å². The monoisotopic (exact) mass is 310 g/mol. The Kier molecular flexibility index (Phi) is 4.04. The van der Waals surface area contributed by atoms with Crippen LogP contribution in [0.15, 0.2) is 24.3 Å². The largest absolute Gasteiger partial charge is 0.496 e. The van der Waals surface area contributed by atoms with E-state index in [1.54, 1.807) is 12.0 Å². The van der Waals surface area contributed by atoms with Gasteiger partial charge < -0.3 is 15.0 Å².